The number of hydrogen-bond donors (Lipinski definition) is 0. The fraction of sp³-hybridized carbons (Fsp3) is 0.947. The first-order valence-corrected chi connectivity index (χ1v) is 19.2. The number of rotatable bonds is 27. The second-order valence-electron chi connectivity index (χ2n) is 14.7. The summed E-state index contributed by atoms with van der Waals surface area (Å²) in [4.78, 5) is 27.6. The van der Waals surface area contributed by atoms with Crippen molar-refractivity contribution in [3.05, 3.63) is 0 Å². The van der Waals surface area contributed by atoms with E-state index in [0.717, 1.165) is 64.7 Å². The molecule has 2 aliphatic rings. The van der Waals surface area contributed by atoms with Gasteiger partial charge in [0.2, 0.25) is 0 Å². The molecule has 2 aliphatic heterocycles. The normalized spacial score (nSPS) is 29.0. The predicted molar refractivity (Wildman–Crippen MR) is 183 cm³/mol. The smallest absolute Gasteiger partial charge is 0.340 e. The second kappa shape index (κ2) is 19.1. The molecular weight excluding hydrogens is 548 g/mol. The molecule has 258 valence electrons. The van der Waals surface area contributed by atoms with E-state index in [9.17, 15) is 9.59 Å². The fourth-order valence-corrected chi connectivity index (χ4v) is 8.54. The number of nitrogens with zero attached hydrogens (tertiary/aromatic N) is 2. The van der Waals surface area contributed by atoms with Gasteiger partial charge in [-0.15, -0.1) is 0 Å². The van der Waals surface area contributed by atoms with Crippen LogP contribution in [0.4, 0.5) is 0 Å². The number of unbranched alkanes of at least 4 members (excludes halogenated alkanes) is 4. The zero-order chi connectivity index (χ0) is 32.7. The van der Waals surface area contributed by atoms with E-state index in [1.807, 2.05) is 0 Å². The minimum atomic E-state index is 0.104. The number of amides is 2. The highest BCUT2D eigenvalue weighted by Gasteiger charge is 2.72. The van der Waals surface area contributed by atoms with Crippen LogP contribution < -0.4 is 0 Å². The third kappa shape index (κ3) is 9.38. The number of ether oxygens (including phenoxy) is 2. The summed E-state index contributed by atoms with van der Waals surface area (Å²) in [6.07, 6.45) is 18.7. The Hall–Kier alpha value is -0.820. The van der Waals surface area contributed by atoms with Gasteiger partial charge in [-0.25, -0.2) is 18.6 Å². The van der Waals surface area contributed by atoms with E-state index in [-0.39, 0.29) is 36.1 Å². The Labute approximate surface area is 273 Å². The monoisotopic (exact) mass is 623 g/mol. The summed E-state index contributed by atoms with van der Waals surface area (Å²) in [5.41, 5.74) is 0.207. The van der Waals surface area contributed by atoms with E-state index in [0.29, 0.717) is 34.0 Å². The maximum Gasteiger partial charge on any atom is 0.340 e. The lowest BCUT2D eigenvalue weighted by atomic mass is 9.95. The Morgan fingerprint density at radius 3 is 1.25 bits per heavy atom. The summed E-state index contributed by atoms with van der Waals surface area (Å²) in [6, 6.07) is 0. The van der Waals surface area contributed by atoms with Crippen LogP contribution in [0.2, 0.25) is 0 Å². The Morgan fingerprint density at radius 1 is 0.591 bits per heavy atom. The molecule has 2 amide bonds. The average Bonchev–Trinajstić information content (AvgIpc) is 3.91. The molecule has 0 aromatic rings. The SMILES string of the molecule is CCCCC(CC)C[N+]1(C(=O)COCCOCC(=O)[N+]2(CC(CC)CCCC)CC2(CC)CCCC)CC1(CC)CCCC. The quantitative estimate of drug-likeness (QED) is 0.0522. The van der Waals surface area contributed by atoms with Crippen molar-refractivity contribution in [2.45, 2.75) is 169 Å². The number of carbonyl (C=O) groups is 2. The molecule has 2 saturated heterocycles. The molecule has 0 aliphatic carbocycles. The first-order chi connectivity index (χ1) is 21.2. The zero-order valence-corrected chi connectivity index (χ0v) is 30.7. The van der Waals surface area contributed by atoms with Gasteiger partial charge >= 0.3 is 11.8 Å². The van der Waals surface area contributed by atoms with Gasteiger partial charge in [-0.3, -0.25) is 0 Å². The van der Waals surface area contributed by atoms with Gasteiger partial charge in [0.05, 0.1) is 26.3 Å². The van der Waals surface area contributed by atoms with Crippen LogP contribution in [0, 0.1) is 11.8 Å². The highest BCUT2D eigenvalue weighted by atomic mass is 16.5. The number of hydrogen-bond acceptors (Lipinski definition) is 4. The Bertz CT molecular complexity index is 783. The van der Waals surface area contributed by atoms with Gasteiger partial charge in [0.15, 0.2) is 24.3 Å². The summed E-state index contributed by atoms with van der Waals surface area (Å²) >= 11 is 0. The Kier molecular flexibility index (Phi) is 17.1. The van der Waals surface area contributed by atoms with Gasteiger partial charge in [0, 0.05) is 37.5 Å². The van der Waals surface area contributed by atoms with Crippen LogP contribution in [0.3, 0.4) is 0 Å². The van der Waals surface area contributed by atoms with Gasteiger partial charge < -0.3 is 9.47 Å². The molecule has 0 aromatic carbocycles. The van der Waals surface area contributed by atoms with E-state index in [1.165, 1.54) is 64.2 Å². The molecule has 2 rings (SSSR count). The molecule has 6 nitrogen and oxygen atoms in total. The molecular formula is C38H74N2O4+2. The molecule has 0 N–H and O–H groups in total. The summed E-state index contributed by atoms with van der Waals surface area (Å²) in [7, 11) is 0. The van der Waals surface area contributed by atoms with E-state index in [1.54, 1.807) is 0 Å². The van der Waals surface area contributed by atoms with Crippen LogP contribution in [0.25, 0.3) is 0 Å². The van der Waals surface area contributed by atoms with Crippen LogP contribution in [-0.4, -0.2) is 84.5 Å². The molecule has 6 unspecified atom stereocenters. The molecule has 0 spiro atoms. The van der Waals surface area contributed by atoms with E-state index >= 15 is 0 Å². The topological polar surface area (TPSA) is 52.6 Å². The van der Waals surface area contributed by atoms with Crippen molar-refractivity contribution >= 4 is 11.8 Å². The lowest BCUT2D eigenvalue weighted by Gasteiger charge is -2.28. The fourth-order valence-electron chi connectivity index (χ4n) is 8.54. The maximum absolute atomic E-state index is 13.8. The molecule has 0 saturated carbocycles. The summed E-state index contributed by atoms with van der Waals surface area (Å²) in [6.45, 7) is 23.1. The zero-order valence-electron chi connectivity index (χ0n) is 30.7. The minimum Gasteiger partial charge on any atom is -0.365 e. The van der Waals surface area contributed by atoms with Gasteiger partial charge in [-0.05, 0) is 38.5 Å². The third-order valence-corrected chi connectivity index (χ3v) is 12.0. The van der Waals surface area contributed by atoms with Crippen molar-refractivity contribution in [3.8, 4) is 0 Å². The van der Waals surface area contributed by atoms with Crippen LogP contribution in [-0.2, 0) is 19.1 Å². The summed E-state index contributed by atoms with van der Waals surface area (Å²) in [5.74, 6) is 1.70. The van der Waals surface area contributed by atoms with Gasteiger partial charge in [0.1, 0.15) is 13.1 Å². The molecule has 44 heavy (non-hydrogen) atoms. The lowest BCUT2D eigenvalue weighted by Crippen LogP contribution is -2.47. The maximum atomic E-state index is 13.8. The summed E-state index contributed by atoms with van der Waals surface area (Å²) in [5, 5.41) is 0. The summed E-state index contributed by atoms with van der Waals surface area (Å²) < 4.78 is 13.2. The molecule has 0 aromatic heterocycles. The van der Waals surface area contributed by atoms with Crippen molar-refractivity contribution < 1.29 is 28.0 Å². The largest absolute Gasteiger partial charge is 0.365 e. The van der Waals surface area contributed by atoms with Crippen LogP contribution in [0.5, 0.6) is 0 Å². The third-order valence-electron chi connectivity index (χ3n) is 12.0. The van der Waals surface area contributed by atoms with E-state index in [4.69, 9.17) is 9.47 Å². The van der Waals surface area contributed by atoms with Gasteiger partial charge in [-0.1, -0.05) is 93.9 Å². The average molecular weight is 623 g/mol. The van der Waals surface area contributed by atoms with Crippen molar-refractivity contribution in [2.24, 2.45) is 11.8 Å². The highest BCUT2D eigenvalue weighted by molar-refractivity contribution is 5.73. The molecule has 6 atom stereocenters. The Balaban J connectivity index is 1.95. The van der Waals surface area contributed by atoms with Crippen LogP contribution in [0.1, 0.15) is 158 Å². The van der Waals surface area contributed by atoms with Gasteiger partial charge in [0.25, 0.3) is 0 Å². The van der Waals surface area contributed by atoms with E-state index in [2.05, 4.69) is 55.4 Å². The van der Waals surface area contributed by atoms with Crippen LogP contribution >= 0.6 is 0 Å². The van der Waals surface area contributed by atoms with Crippen LogP contribution in [0.15, 0.2) is 0 Å². The van der Waals surface area contributed by atoms with Crippen molar-refractivity contribution in [1.82, 2.24) is 0 Å². The molecule has 6 heteroatoms. The van der Waals surface area contributed by atoms with Crippen molar-refractivity contribution in [3.63, 3.8) is 0 Å². The van der Waals surface area contributed by atoms with Gasteiger partial charge in [-0.2, -0.15) is 0 Å². The van der Waals surface area contributed by atoms with Crippen molar-refractivity contribution in [1.29, 1.82) is 0 Å². The second-order valence-corrected chi connectivity index (χ2v) is 14.7. The minimum absolute atomic E-state index is 0.104. The Morgan fingerprint density at radius 2 is 0.955 bits per heavy atom. The molecule has 0 bridgehead atoms. The van der Waals surface area contributed by atoms with Crippen molar-refractivity contribution in [2.75, 3.05) is 52.6 Å². The highest BCUT2D eigenvalue weighted by Crippen LogP contribution is 2.52. The first kappa shape index (κ1) is 39.4. The molecule has 2 fully saturated rings. The number of carbonyl (C=O) groups excluding carboxylic acids is 2. The number of quaternary nitrogens is 2. The molecule has 2 heterocycles. The lowest BCUT2D eigenvalue weighted by molar-refractivity contribution is -0.758. The van der Waals surface area contributed by atoms with E-state index < -0.39 is 0 Å². The standard InChI is InChI=1S/C38H74N2O4/c1-9-17-21-33(13-5)27-39(31-37(39,15-7)23-19-11-3)35(41)29-43-25-26-44-30-36(42)40(28-34(14-6)22-18-10-2)32-38(40,16-8)24-20-12-4/h33-34H,9-32H2,1-8H3/q+2. The molecule has 0 radical (unpaired) electrons. The first-order valence-electron chi connectivity index (χ1n) is 19.2. The predicted octanol–water partition coefficient (Wildman–Crippen LogP) is 8.84.